The van der Waals surface area contributed by atoms with Crippen molar-refractivity contribution in [3.8, 4) is 0 Å². The summed E-state index contributed by atoms with van der Waals surface area (Å²) >= 11 is 2.81. The topological polar surface area (TPSA) is 66.5 Å². The highest BCUT2D eigenvalue weighted by atomic mass is 79.9. The molecule has 0 saturated carbocycles. The smallest absolute Gasteiger partial charge is 0.396 e. The molecule has 2 atom stereocenters. The minimum absolute atomic E-state index is 0.155. The Morgan fingerprint density at radius 3 is 2.28 bits per heavy atom. The van der Waals surface area contributed by atoms with E-state index in [-0.39, 0.29) is 5.33 Å². The van der Waals surface area contributed by atoms with E-state index >= 15 is 0 Å². The average Bonchev–Trinajstić information content (AvgIpc) is 2.28. The van der Waals surface area contributed by atoms with Crippen molar-refractivity contribution in [2.75, 3.05) is 11.1 Å². The van der Waals surface area contributed by atoms with Gasteiger partial charge in [0.05, 0.1) is 17.4 Å². The molecule has 4 N–H and O–H groups in total. The Balaban J connectivity index is 3.37. The van der Waals surface area contributed by atoms with E-state index in [1.165, 1.54) is 0 Å². The highest BCUT2D eigenvalue weighted by Gasteiger charge is 2.37. The van der Waals surface area contributed by atoms with Crippen LogP contribution in [0.3, 0.4) is 0 Å². The number of alkyl halides is 4. The fourth-order valence-corrected chi connectivity index (χ4v) is 1.74. The number of aliphatic hydroxyl groups excluding tert-OH is 2. The van der Waals surface area contributed by atoms with Gasteiger partial charge in [-0.3, -0.25) is 0 Å². The highest BCUT2D eigenvalue weighted by Crippen LogP contribution is 2.37. The van der Waals surface area contributed by atoms with E-state index in [0.29, 0.717) is 12.1 Å². The number of hydrogen-bond donors (Lipinski definition) is 3. The van der Waals surface area contributed by atoms with Crippen LogP contribution in [0.15, 0.2) is 12.1 Å². The number of hydrogen-bond acceptors (Lipinski definition) is 3. The van der Waals surface area contributed by atoms with Crippen LogP contribution in [0, 0.1) is 5.82 Å². The molecule has 3 nitrogen and oxygen atoms in total. The number of nitrogens with two attached hydrogens (primary N) is 1. The van der Waals surface area contributed by atoms with Crippen LogP contribution in [-0.4, -0.2) is 21.6 Å². The Kier molecular flexibility index (Phi) is 4.57. The third kappa shape index (κ3) is 3.12. The lowest BCUT2D eigenvalue weighted by Gasteiger charge is -2.21. The Hall–Kier alpha value is -0.860. The molecule has 0 radical (unpaired) electrons. The van der Waals surface area contributed by atoms with E-state index < -0.39 is 41.0 Å². The molecule has 0 saturated heterocycles. The maximum atomic E-state index is 13.2. The van der Waals surface area contributed by atoms with Gasteiger partial charge in [0.1, 0.15) is 11.9 Å². The zero-order valence-electron chi connectivity index (χ0n) is 8.88. The second-order valence-electron chi connectivity index (χ2n) is 3.63. The van der Waals surface area contributed by atoms with Crippen LogP contribution in [0.5, 0.6) is 0 Å². The number of anilines is 1. The SMILES string of the molecule is Nc1cc(C(F)(F)F)c(C(O)C(O)CBr)cc1F. The number of nitrogen functional groups attached to an aromatic ring is 1. The Morgan fingerprint density at radius 1 is 1.28 bits per heavy atom. The number of benzene rings is 1. The molecule has 0 fully saturated rings. The molecule has 1 aromatic rings. The van der Waals surface area contributed by atoms with Gasteiger partial charge in [-0.25, -0.2) is 4.39 Å². The predicted octanol–water partition coefficient (Wildman–Crippen LogP) is 2.22. The Morgan fingerprint density at radius 2 is 1.83 bits per heavy atom. The first-order chi connectivity index (χ1) is 8.18. The zero-order chi connectivity index (χ0) is 14.1. The van der Waals surface area contributed by atoms with Gasteiger partial charge < -0.3 is 15.9 Å². The first kappa shape index (κ1) is 15.2. The van der Waals surface area contributed by atoms with Crippen LogP contribution in [0.2, 0.25) is 0 Å². The molecule has 0 spiro atoms. The lowest BCUT2D eigenvalue weighted by molar-refractivity contribution is -0.139. The van der Waals surface area contributed by atoms with Crippen molar-refractivity contribution < 1.29 is 27.8 Å². The molecule has 0 aliphatic heterocycles. The molecule has 1 aromatic carbocycles. The van der Waals surface area contributed by atoms with E-state index in [9.17, 15) is 27.8 Å². The van der Waals surface area contributed by atoms with Gasteiger partial charge in [-0.1, -0.05) is 15.9 Å². The standard InChI is InChI=1S/C10H10BrF4NO2/c11-3-8(17)9(18)4-1-6(12)7(16)2-5(4)10(13,14)15/h1-2,8-9,17-18H,3,16H2. The molecule has 0 amide bonds. The average molecular weight is 332 g/mol. The van der Waals surface area contributed by atoms with E-state index in [0.717, 1.165) is 0 Å². The van der Waals surface area contributed by atoms with Crippen LogP contribution in [0.1, 0.15) is 17.2 Å². The molecule has 0 aromatic heterocycles. The molecule has 2 unspecified atom stereocenters. The summed E-state index contributed by atoms with van der Waals surface area (Å²) < 4.78 is 51.3. The summed E-state index contributed by atoms with van der Waals surface area (Å²) in [7, 11) is 0. The van der Waals surface area contributed by atoms with E-state index in [1.807, 2.05) is 0 Å². The van der Waals surface area contributed by atoms with Crippen molar-refractivity contribution in [1.29, 1.82) is 0 Å². The normalized spacial score (nSPS) is 15.5. The molecular formula is C10H10BrF4NO2. The van der Waals surface area contributed by atoms with E-state index in [4.69, 9.17) is 5.73 Å². The first-order valence-electron chi connectivity index (χ1n) is 4.76. The monoisotopic (exact) mass is 331 g/mol. The Labute approximate surface area is 108 Å². The largest absolute Gasteiger partial charge is 0.416 e. The van der Waals surface area contributed by atoms with Gasteiger partial charge in [-0.05, 0) is 17.7 Å². The summed E-state index contributed by atoms with van der Waals surface area (Å²) in [6.45, 7) is 0. The van der Waals surface area contributed by atoms with Crippen molar-refractivity contribution in [2.24, 2.45) is 0 Å². The maximum Gasteiger partial charge on any atom is 0.416 e. The van der Waals surface area contributed by atoms with E-state index in [1.54, 1.807) is 0 Å². The Bertz CT molecular complexity index is 439. The van der Waals surface area contributed by atoms with Crippen LogP contribution >= 0.6 is 15.9 Å². The van der Waals surface area contributed by atoms with Gasteiger partial charge in [-0.2, -0.15) is 13.2 Å². The van der Waals surface area contributed by atoms with Crippen molar-refractivity contribution in [3.63, 3.8) is 0 Å². The summed E-state index contributed by atoms with van der Waals surface area (Å²) in [5.74, 6) is -1.08. The summed E-state index contributed by atoms with van der Waals surface area (Å²) in [4.78, 5) is 0. The quantitative estimate of drug-likeness (QED) is 0.452. The van der Waals surface area contributed by atoms with Crippen molar-refractivity contribution in [3.05, 3.63) is 29.1 Å². The number of rotatable bonds is 3. The van der Waals surface area contributed by atoms with Gasteiger partial charge in [0.15, 0.2) is 0 Å². The van der Waals surface area contributed by atoms with Gasteiger partial charge in [0.25, 0.3) is 0 Å². The van der Waals surface area contributed by atoms with Crippen LogP contribution in [0.25, 0.3) is 0 Å². The third-order valence-electron chi connectivity index (χ3n) is 2.32. The molecule has 8 heteroatoms. The first-order valence-corrected chi connectivity index (χ1v) is 5.88. The predicted molar refractivity (Wildman–Crippen MR) is 60.6 cm³/mol. The molecule has 18 heavy (non-hydrogen) atoms. The fraction of sp³-hybridized carbons (Fsp3) is 0.400. The van der Waals surface area contributed by atoms with Crippen molar-refractivity contribution in [2.45, 2.75) is 18.4 Å². The minimum Gasteiger partial charge on any atom is -0.396 e. The molecule has 0 heterocycles. The minimum atomic E-state index is -4.80. The molecular weight excluding hydrogens is 322 g/mol. The second kappa shape index (κ2) is 5.41. The van der Waals surface area contributed by atoms with Crippen LogP contribution < -0.4 is 5.73 Å². The molecule has 0 aliphatic carbocycles. The second-order valence-corrected chi connectivity index (χ2v) is 4.27. The van der Waals surface area contributed by atoms with Crippen molar-refractivity contribution in [1.82, 2.24) is 0 Å². The fourth-order valence-electron chi connectivity index (χ4n) is 1.39. The third-order valence-corrected chi connectivity index (χ3v) is 2.98. The van der Waals surface area contributed by atoms with E-state index in [2.05, 4.69) is 15.9 Å². The highest BCUT2D eigenvalue weighted by molar-refractivity contribution is 9.09. The summed E-state index contributed by atoms with van der Waals surface area (Å²) in [6, 6.07) is 0.879. The summed E-state index contributed by atoms with van der Waals surface area (Å²) in [5, 5.41) is 18.7. The lowest BCUT2D eigenvalue weighted by atomic mass is 9.98. The molecule has 1 rings (SSSR count). The summed E-state index contributed by atoms with van der Waals surface area (Å²) in [6.07, 6.45) is -8.16. The molecule has 102 valence electrons. The molecule has 0 bridgehead atoms. The number of halogens is 5. The van der Waals surface area contributed by atoms with Gasteiger partial charge in [0, 0.05) is 5.33 Å². The maximum absolute atomic E-state index is 13.2. The zero-order valence-corrected chi connectivity index (χ0v) is 10.5. The summed E-state index contributed by atoms with van der Waals surface area (Å²) in [5.41, 5.74) is 2.37. The van der Waals surface area contributed by atoms with Crippen LogP contribution in [-0.2, 0) is 6.18 Å². The van der Waals surface area contributed by atoms with Gasteiger partial charge in [-0.15, -0.1) is 0 Å². The number of aliphatic hydroxyl groups is 2. The van der Waals surface area contributed by atoms with Gasteiger partial charge >= 0.3 is 6.18 Å². The lowest BCUT2D eigenvalue weighted by Crippen LogP contribution is -2.23. The van der Waals surface area contributed by atoms with Crippen molar-refractivity contribution >= 4 is 21.6 Å². The van der Waals surface area contributed by atoms with Crippen LogP contribution in [0.4, 0.5) is 23.2 Å². The molecule has 0 aliphatic rings. The van der Waals surface area contributed by atoms with Gasteiger partial charge in [0.2, 0.25) is 0 Å².